The van der Waals surface area contributed by atoms with Crippen molar-refractivity contribution in [3.63, 3.8) is 0 Å². The molecule has 0 spiro atoms. The average molecular weight is 314 g/mol. The minimum Gasteiger partial charge on any atom is -0.370 e. The van der Waals surface area contributed by atoms with E-state index in [1.165, 1.54) is 12.8 Å². The van der Waals surface area contributed by atoms with Crippen molar-refractivity contribution in [1.29, 1.82) is 0 Å². The van der Waals surface area contributed by atoms with E-state index >= 15 is 0 Å². The number of aryl methyl sites for hydroxylation is 1. The van der Waals surface area contributed by atoms with Gasteiger partial charge in [-0.25, -0.2) is 9.97 Å². The Hall–Kier alpha value is -0.680. The first-order valence-corrected chi connectivity index (χ1v) is 7.26. The van der Waals surface area contributed by atoms with Crippen molar-refractivity contribution in [3.05, 3.63) is 16.0 Å². The Bertz CT molecular complexity index is 430. The lowest BCUT2D eigenvalue weighted by molar-refractivity contribution is -0.0163. The zero-order valence-electron chi connectivity index (χ0n) is 11.2. The molecule has 4 nitrogen and oxygen atoms in total. The van der Waals surface area contributed by atoms with E-state index < -0.39 is 0 Å². The first-order chi connectivity index (χ1) is 8.63. The standard InChI is InChI=1S/C13H20BrN3O/c1-4-15-11-10(14)9(2)16-12(17-11)13(18-3)7-5-6-8-13/h4-8H2,1-3H3,(H,15,16,17). The molecule has 1 fully saturated rings. The Morgan fingerprint density at radius 2 is 2.00 bits per heavy atom. The van der Waals surface area contributed by atoms with E-state index in [-0.39, 0.29) is 5.60 Å². The number of rotatable bonds is 4. The molecule has 0 unspecified atom stereocenters. The van der Waals surface area contributed by atoms with Gasteiger partial charge in [0.1, 0.15) is 11.4 Å². The minimum absolute atomic E-state index is 0.282. The summed E-state index contributed by atoms with van der Waals surface area (Å²) in [7, 11) is 1.76. The number of hydrogen-bond donors (Lipinski definition) is 1. The monoisotopic (exact) mass is 313 g/mol. The number of nitrogens with zero attached hydrogens (tertiary/aromatic N) is 2. The molecule has 2 rings (SSSR count). The zero-order valence-corrected chi connectivity index (χ0v) is 12.8. The van der Waals surface area contributed by atoms with Crippen LogP contribution in [0.2, 0.25) is 0 Å². The maximum atomic E-state index is 5.74. The molecule has 0 aromatic carbocycles. The van der Waals surface area contributed by atoms with E-state index in [4.69, 9.17) is 4.74 Å². The molecule has 1 aliphatic rings. The number of halogens is 1. The van der Waals surface area contributed by atoms with Gasteiger partial charge in [0.2, 0.25) is 0 Å². The Kier molecular flexibility index (Phi) is 4.22. The summed E-state index contributed by atoms with van der Waals surface area (Å²) in [4.78, 5) is 9.27. The quantitative estimate of drug-likeness (QED) is 0.925. The Labute approximate surface area is 117 Å². The number of aromatic nitrogens is 2. The van der Waals surface area contributed by atoms with Crippen molar-refractivity contribution < 1.29 is 4.74 Å². The topological polar surface area (TPSA) is 47.0 Å². The number of ether oxygens (including phenoxy) is 1. The Balaban J connectivity index is 2.44. The molecule has 100 valence electrons. The van der Waals surface area contributed by atoms with Crippen molar-refractivity contribution in [1.82, 2.24) is 9.97 Å². The molecular weight excluding hydrogens is 294 g/mol. The third-order valence-corrected chi connectivity index (χ3v) is 4.52. The van der Waals surface area contributed by atoms with Crippen LogP contribution in [0.25, 0.3) is 0 Å². The lowest BCUT2D eigenvalue weighted by atomic mass is 10.0. The second kappa shape index (κ2) is 5.53. The fraction of sp³-hybridized carbons (Fsp3) is 0.692. The van der Waals surface area contributed by atoms with Gasteiger partial charge >= 0.3 is 0 Å². The summed E-state index contributed by atoms with van der Waals surface area (Å²) in [6, 6.07) is 0. The number of nitrogens with one attached hydrogen (secondary N) is 1. The third kappa shape index (κ3) is 2.38. The summed E-state index contributed by atoms with van der Waals surface area (Å²) in [6.07, 6.45) is 4.39. The largest absolute Gasteiger partial charge is 0.370 e. The highest BCUT2D eigenvalue weighted by atomic mass is 79.9. The maximum absolute atomic E-state index is 5.74. The van der Waals surface area contributed by atoms with Crippen LogP contribution in [0.15, 0.2) is 4.47 Å². The van der Waals surface area contributed by atoms with Crippen LogP contribution in [0, 0.1) is 6.92 Å². The van der Waals surface area contributed by atoms with Crippen LogP contribution >= 0.6 is 15.9 Å². The molecule has 0 saturated heterocycles. The van der Waals surface area contributed by atoms with Gasteiger partial charge in [0.15, 0.2) is 5.82 Å². The molecule has 1 N–H and O–H groups in total. The summed E-state index contributed by atoms with van der Waals surface area (Å²) in [5.74, 6) is 1.68. The van der Waals surface area contributed by atoms with Gasteiger partial charge in [-0.15, -0.1) is 0 Å². The van der Waals surface area contributed by atoms with Gasteiger partial charge in [-0.05, 0) is 55.5 Å². The number of hydrogen-bond acceptors (Lipinski definition) is 4. The normalized spacial score (nSPS) is 18.0. The van der Waals surface area contributed by atoms with Gasteiger partial charge in [0.25, 0.3) is 0 Å². The van der Waals surface area contributed by atoms with Crippen LogP contribution in [0.3, 0.4) is 0 Å². The molecule has 1 aliphatic carbocycles. The van der Waals surface area contributed by atoms with E-state index in [0.29, 0.717) is 0 Å². The van der Waals surface area contributed by atoms with Crippen LogP contribution in [0.4, 0.5) is 5.82 Å². The summed E-state index contributed by atoms with van der Waals surface area (Å²) in [5, 5.41) is 3.27. The summed E-state index contributed by atoms with van der Waals surface area (Å²) in [6.45, 7) is 4.90. The molecule has 18 heavy (non-hydrogen) atoms. The maximum Gasteiger partial charge on any atom is 0.162 e. The molecule has 0 aliphatic heterocycles. The molecular formula is C13H20BrN3O. The first kappa shape index (κ1) is 13.7. The van der Waals surface area contributed by atoms with Gasteiger partial charge in [-0.1, -0.05) is 0 Å². The van der Waals surface area contributed by atoms with E-state index in [1.54, 1.807) is 7.11 Å². The Morgan fingerprint density at radius 1 is 1.33 bits per heavy atom. The second-order valence-corrected chi connectivity index (χ2v) is 5.52. The van der Waals surface area contributed by atoms with Crippen LogP contribution in [0.5, 0.6) is 0 Å². The van der Waals surface area contributed by atoms with Crippen molar-refractivity contribution >= 4 is 21.7 Å². The SMILES string of the molecule is CCNc1nc(C2(OC)CCCC2)nc(C)c1Br. The molecule has 1 heterocycles. The highest BCUT2D eigenvalue weighted by Gasteiger charge is 2.39. The van der Waals surface area contributed by atoms with E-state index in [2.05, 4.69) is 38.1 Å². The lowest BCUT2D eigenvalue weighted by Gasteiger charge is -2.26. The molecule has 0 amide bonds. The fourth-order valence-electron chi connectivity index (χ4n) is 2.51. The van der Waals surface area contributed by atoms with Crippen LogP contribution in [-0.4, -0.2) is 23.6 Å². The van der Waals surface area contributed by atoms with Crippen molar-refractivity contribution in [2.24, 2.45) is 0 Å². The van der Waals surface area contributed by atoms with E-state index in [0.717, 1.165) is 41.2 Å². The molecule has 0 bridgehead atoms. The minimum atomic E-state index is -0.282. The zero-order chi connectivity index (χ0) is 13.2. The van der Waals surface area contributed by atoms with Crippen molar-refractivity contribution in [3.8, 4) is 0 Å². The predicted molar refractivity (Wildman–Crippen MR) is 75.8 cm³/mol. The smallest absolute Gasteiger partial charge is 0.162 e. The Morgan fingerprint density at radius 3 is 2.56 bits per heavy atom. The van der Waals surface area contributed by atoms with Crippen molar-refractivity contribution in [2.75, 3.05) is 19.0 Å². The number of methoxy groups -OCH3 is 1. The van der Waals surface area contributed by atoms with Crippen LogP contribution < -0.4 is 5.32 Å². The summed E-state index contributed by atoms with van der Waals surface area (Å²) < 4.78 is 6.69. The summed E-state index contributed by atoms with van der Waals surface area (Å²) >= 11 is 3.54. The highest BCUT2D eigenvalue weighted by Crippen LogP contribution is 2.41. The third-order valence-electron chi connectivity index (χ3n) is 3.57. The highest BCUT2D eigenvalue weighted by molar-refractivity contribution is 9.10. The van der Waals surface area contributed by atoms with Gasteiger partial charge in [0, 0.05) is 13.7 Å². The van der Waals surface area contributed by atoms with E-state index in [9.17, 15) is 0 Å². The van der Waals surface area contributed by atoms with Crippen LogP contribution in [-0.2, 0) is 10.3 Å². The lowest BCUT2D eigenvalue weighted by Crippen LogP contribution is -2.28. The van der Waals surface area contributed by atoms with Gasteiger partial charge in [0.05, 0.1) is 10.2 Å². The number of anilines is 1. The molecule has 1 saturated carbocycles. The van der Waals surface area contributed by atoms with Gasteiger partial charge < -0.3 is 10.1 Å². The fourth-order valence-corrected chi connectivity index (χ4v) is 2.83. The first-order valence-electron chi connectivity index (χ1n) is 6.46. The predicted octanol–water partition coefficient (Wildman–Crippen LogP) is 3.40. The molecule has 1 aromatic heterocycles. The molecule has 0 radical (unpaired) electrons. The van der Waals surface area contributed by atoms with Gasteiger partial charge in [-0.2, -0.15) is 0 Å². The molecule has 1 aromatic rings. The van der Waals surface area contributed by atoms with Gasteiger partial charge in [-0.3, -0.25) is 0 Å². The average Bonchev–Trinajstić information content (AvgIpc) is 2.85. The van der Waals surface area contributed by atoms with Crippen LogP contribution in [0.1, 0.15) is 44.1 Å². The molecule has 0 atom stereocenters. The summed E-state index contributed by atoms with van der Waals surface area (Å²) in [5.41, 5.74) is 0.676. The van der Waals surface area contributed by atoms with E-state index in [1.807, 2.05) is 6.92 Å². The second-order valence-electron chi connectivity index (χ2n) is 4.73. The van der Waals surface area contributed by atoms with Crippen molar-refractivity contribution in [2.45, 2.75) is 45.1 Å². The molecule has 5 heteroatoms.